The van der Waals surface area contributed by atoms with Crippen LogP contribution < -0.4 is 4.72 Å². The molecule has 0 aliphatic carbocycles. The average Bonchev–Trinajstić information content (AvgIpc) is 3.02. The van der Waals surface area contributed by atoms with Gasteiger partial charge < -0.3 is 0 Å². The van der Waals surface area contributed by atoms with Crippen LogP contribution in [0.4, 0.5) is 10.1 Å². The molecule has 118 valence electrons. The summed E-state index contributed by atoms with van der Waals surface area (Å²) in [7, 11) is -3.92. The first-order valence-electron chi connectivity index (χ1n) is 6.57. The number of halogens is 1. The number of hydrogen-bond donors (Lipinski definition) is 1. The van der Waals surface area contributed by atoms with Gasteiger partial charge in [-0.1, -0.05) is 0 Å². The fourth-order valence-corrected chi connectivity index (χ4v) is 3.13. The van der Waals surface area contributed by atoms with Gasteiger partial charge >= 0.3 is 0 Å². The van der Waals surface area contributed by atoms with Gasteiger partial charge in [0, 0.05) is 18.1 Å². The summed E-state index contributed by atoms with van der Waals surface area (Å²) < 4.78 is 41.9. The van der Waals surface area contributed by atoms with Crippen molar-refractivity contribution in [3.8, 4) is 5.82 Å². The molecular weight excluding hydrogens is 321 g/mol. The first-order chi connectivity index (χ1) is 11.0. The summed E-state index contributed by atoms with van der Waals surface area (Å²) in [6, 6.07) is 5.30. The van der Waals surface area contributed by atoms with E-state index in [1.165, 1.54) is 49.1 Å². The number of nitrogens with zero attached hydrogens (tertiary/aromatic N) is 4. The van der Waals surface area contributed by atoms with Crippen molar-refractivity contribution in [3.63, 3.8) is 0 Å². The Hall–Kier alpha value is -2.81. The molecule has 2 aromatic heterocycles. The van der Waals surface area contributed by atoms with Crippen LogP contribution in [0.25, 0.3) is 5.82 Å². The van der Waals surface area contributed by atoms with Crippen molar-refractivity contribution in [1.29, 1.82) is 0 Å². The quantitative estimate of drug-likeness (QED) is 0.788. The summed E-state index contributed by atoms with van der Waals surface area (Å²) in [6.45, 7) is 1.55. The van der Waals surface area contributed by atoms with Crippen LogP contribution in [-0.4, -0.2) is 28.2 Å². The summed E-state index contributed by atoms with van der Waals surface area (Å²) in [6.07, 6.45) is 5.65. The zero-order chi connectivity index (χ0) is 16.4. The number of hydrogen-bond acceptors (Lipinski definition) is 5. The maximum absolute atomic E-state index is 13.3. The lowest BCUT2D eigenvalue weighted by Crippen LogP contribution is -2.18. The summed E-state index contributed by atoms with van der Waals surface area (Å²) in [5, 5.41) is 3.86. The molecule has 0 unspecified atom stereocenters. The van der Waals surface area contributed by atoms with Crippen molar-refractivity contribution in [2.24, 2.45) is 0 Å². The van der Waals surface area contributed by atoms with Crippen LogP contribution in [0.15, 0.2) is 54.1 Å². The number of aryl methyl sites for hydroxylation is 1. The summed E-state index contributed by atoms with van der Waals surface area (Å²) in [5.41, 5.74) is 0.600. The van der Waals surface area contributed by atoms with E-state index in [1.807, 2.05) is 0 Å². The van der Waals surface area contributed by atoms with Crippen molar-refractivity contribution in [3.05, 3.63) is 60.4 Å². The lowest BCUT2D eigenvalue weighted by molar-refractivity contribution is 0.589. The highest BCUT2D eigenvalue weighted by Gasteiger charge is 2.21. The van der Waals surface area contributed by atoms with Gasteiger partial charge in [0.25, 0.3) is 10.0 Å². The Balaban J connectivity index is 1.98. The van der Waals surface area contributed by atoms with Crippen molar-refractivity contribution < 1.29 is 12.8 Å². The number of sulfonamides is 1. The van der Waals surface area contributed by atoms with Gasteiger partial charge in [0.05, 0.1) is 12.4 Å². The fraction of sp³-hybridized carbons (Fsp3) is 0.0714. The lowest BCUT2D eigenvalue weighted by atomic mass is 10.2. The fourth-order valence-electron chi connectivity index (χ4n) is 1.98. The van der Waals surface area contributed by atoms with E-state index >= 15 is 0 Å². The molecule has 0 spiro atoms. The van der Waals surface area contributed by atoms with Crippen molar-refractivity contribution in [2.75, 3.05) is 4.72 Å². The normalized spacial score (nSPS) is 11.4. The highest BCUT2D eigenvalue weighted by molar-refractivity contribution is 7.92. The van der Waals surface area contributed by atoms with Crippen LogP contribution in [0.5, 0.6) is 0 Å². The van der Waals surface area contributed by atoms with E-state index < -0.39 is 15.8 Å². The Morgan fingerprint density at radius 1 is 1.17 bits per heavy atom. The molecule has 0 radical (unpaired) electrons. The number of benzene rings is 1. The Morgan fingerprint density at radius 2 is 2.00 bits per heavy atom. The zero-order valence-electron chi connectivity index (χ0n) is 12.0. The SMILES string of the molecule is Cc1cc(NS(=O)(=O)c2ccnn2-c2cnccn2)ccc1F. The first-order valence-corrected chi connectivity index (χ1v) is 8.05. The third kappa shape index (κ3) is 3.04. The van der Waals surface area contributed by atoms with Crippen LogP contribution in [0.2, 0.25) is 0 Å². The van der Waals surface area contributed by atoms with Gasteiger partial charge in [0.2, 0.25) is 0 Å². The van der Waals surface area contributed by atoms with Gasteiger partial charge in [-0.3, -0.25) is 9.71 Å². The Morgan fingerprint density at radius 3 is 2.70 bits per heavy atom. The summed E-state index contributed by atoms with van der Waals surface area (Å²) in [5.74, 6) is -0.134. The van der Waals surface area contributed by atoms with Gasteiger partial charge in [-0.05, 0) is 36.8 Å². The number of anilines is 1. The average molecular weight is 333 g/mol. The lowest BCUT2D eigenvalue weighted by Gasteiger charge is -2.10. The molecule has 0 bridgehead atoms. The maximum atomic E-state index is 13.3. The van der Waals surface area contributed by atoms with E-state index in [0.717, 1.165) is 4.68 Å². The monoisotopic (exact) mass is 333 g/mol. The highest BCUT2D eigenvalue weighted by Crippen LogP contribution is 2.19. The molecule has 9 heteroatoms. The molecule has 0 aliphatic rings. The molecule has 3 aromatic rings. The highest BCUT2D eigenvalue weighted by atomic mass is 32.2. The first kappa shape index (κ1) is 15.1. The van der Waals surface area contributed by atoms with Crippen LogP contribution in [-0.2, 0) is 10.0 Å². The second-order valence-corrected chi connectivity index (χ2v) is 6.34. The van der Waals surface area contributed by atoms with E-state index in [4.69, 9.17) is 0 Å². The Labute approximate surface area is 131 Å². The second kappa shape index (κ2) is 5.76. The van der Waals surface area contributed by atoms with E-state index in [1.54, 1.807) is 6.92 Å². The van der Waals surface area contributed by atoms with E-state index in [-0.39, 0.29) is 16.5 Å². The minimum atomic E-state index is -3.92. The molecule has 0 fully saturated rings. The predicted octanol–water partition coefficient (Wildman–Crippen LogP) is 1.91. The third-order valence-corrected chi connectivity index (χ3v) is 4.42. The summed E-state index contributed by atoms with van der Waals surface area (Å²) >= 11 is 0. The second-order valence-electron chi connectivity index (χ2n) is 4.71. The van der Waals surface area contributed by atoms with E-state index in [9.17, 15) is 12.8 Å². The molecule has 2 heterocycles. The molecule has 23 heavy (non-hydrogen) atoms. The van der Waals surface area contributed by atoms with Crippen molar-refractivity contribution in [2.45, 2.75) is 11.9 Å². The van der Waals surface area contributed by atoms with Gasteiger partial charge in [0.1, 0.15) is 5.82 Å². The van der Waals surface area contributed by atoms with Gasteiger partial charge in [-0.2, -0.15) is 13.5 Å². The summed E-state index contributed by atoms with van der Waals surface area (Å²) in [4.78, 5) is 7.91. The zero-order valence-corrected chi connectivity index (χ0v) is 12.8. The molecule has 0 atom stereocenters. The Bertz CT molecular complexity index is 941. The maximum Gasteiger partial charge on any atom is 0.279 e. The topological polar surface area (TPSA) is 89.8 Å². The molecule has 0 saturated carbocycles. The smallest absolute Gasteiger partial charge is 0.278 e. The predicted molar refractivity (Wildman–Crippen MR) is 81.1 cm³/mol. The van der Waals surface area contributed by atoms with Crippen LogP contribution in [0.3, 0.4) is 0 Å². The Kier molecular flexibility index (Phi) is 3.78. The number of nitrogens with one attached hydrogen (secondary N) is 1. The molecule has 3 rings (SSSR count). The third-order valence-electron chi connectivity index (χ3n) is 3.06. The molecule has 0 amide bonds. The largest absolute Gasteiger partial charge is 0.279 e. The van der Waals surface area contributed by atoms with Gasteiger partial charge in [-0.25, -0.2) is 14.1 Å². The van der Waals surface area contributed by atoms with E-state index in [0.29, 0.717) is 5.56 Å². The van der Waals surface area contributed by atoms with Crippen LogP contribution >= 0.6 is 0 Å². The standard InChI is InChI=1S/C14H12FN5O2S/c1-10-8-11(2-3-12(10)15)19-23(21,22)14-4-5-18-20(14)13-9-16-6-7-17-13/h2-9,19H,1H3. The number of aromatic nitrogens is 4. The molecular formula is C14H12FN5O2S. The number of rotatable bonds is 4. The minimum Gasteiger partial charge on any atom is -0.278 e. The van der Waals surface area contributed by atoms with Crippen molar-refractivity contribution >= 4 is 15.7 Å². The van der Waals surface area contributed by atoms with Crippen LogP contribution in [0.1, 0.15) is 5.56 Å². The van der Waals surface area contributed by atoms with Gasteiger partial charge in [0.15, 0.2) is 10.8 Å². The molecule has 7 nitrogen and oxygen atoms in total. The molecule has 0 saturated heterocycles. The van der Waals surface area contributed by atoms with Crippen molar-refractivity contribution in [1.82, 2.24) is 19.7 Å². The van der Waals surface area contributed by atoms with Crippen LogP contribution in [0, 0.1) is 12.7 Å². The minimum absolute atomic E-state index is 0.0972. The van der Waals surface area contributed by atoms with E-state index in [2.05, 4.69) is 19.8 Å². The molecule has 1 aromatic carbocycles. The molecule has 1 N–H and O–H groups in total. The van der Waals surface area contributed by atoms with Gasteiger partial charge in [-0.15, -0.1) is 0 Å². The molecule has 0 aliphatic heterocycles.